The Balaban J connectivity index is 1.53. The van der Waals surface area contributed by atoms with Gasteiger partial charge in [-0.05, 0) is 37.3 Å². The summed E-state index contributed by atoms with van der Waals surface area (Å²) in [6.45, 7) is 2.71. The number of fused-ring (bicyclic) bond motifs is 1. The van der Waals surface area contributed by atoms with Crippen LogP contribution >= 0.6 is 0 Å². The standard InChI is InChI=1S/C18H19NO6/c1-12-3-5-14(25-12)10-19(2)17(20)11-24-18(21)13-4-6-15-16(9-13)23-8-7-22-15/h3-6,9H,7-8,10-11H2,1-2H3. The largest absolute Gasteiger partial charge is 0.486 e. The van der Waals surface area contributed by atoms with E-state index in [2.05, 4.69) is 0 Å². The van der Waals surface area contributed by atoms with Crippen molar-refractivity contribution in [3.8, 4) is 11.5 Å². The van der Waals surface area contributed by atoms with Gasteiger partial charge in [0.2, 0.25) is 0 Å². The number of esters is 1. The maximum absolute atomic E-state index is 12.1. The van der Waals surface area contributed by atoms with E-state index < -0.39 is 5.97 Å². The summed E-state index contributed by atoms with van der Waals surface area (Å²) in [5.41, 5.74) is 0.307. The van der Waals surface area contributed by atoms with Crippen LogP contribution in [0.25, 0.3) is 0 Å². The number of aryl methyl sites for hydroxylation is 1. The first kappa shape index (κ1) is 16.9. The second-order valence-electron chi connectivity index (χ2n) is 5.70. The number of rotatable bonds is 5. The Morgan fingerprint density at radius 1 is 1.12 bits per heavy atom. The summed E-state index contributed by atoms with van der Waals surface area (Å²) < 4.78 is 21.3. The lowest BCUT2D eigenvalue weighted by Gasteiger charge is -2.19. The van der Waals surface area contributed by atoms with Gasteiger partial charge in [0.15, 0.2) is 18.1 Å². The van der Waals surface area contributed by atoms with Gasteiger partial charge in [-0.1, -0.05) is 0 Å². The zero-order valence-corrected chi connectivity index (χ0v) is 14.1. The van der Waals surface area contributed by atoms with E-state index in [1.54, 1.807) is 31.3 Å². The molecule has 1 aromatic carbocycles. The molecule has 0 radical (unpaired) electrons. The lowest BCUT2D eigenvalue weighted by atomic mass is 10.2. The first-order valence-electron chi connectivity index (χ1n) is 7.89. The summed E-state index contributed by atoms with van der Waals surface area (Å²) >= 11 is 0. The average Bonchev–Trinajstić information content (AvgIpc) is 3.03. The molecule has 7 heteroatoms. The fourth-order valence-electron chi connectivity index (χ4n) is 2.38. The molecule has 0 saturated heterocycles. The van der Waals surface area contributed by atoms with Crippen LogP contribution in [0.1, 0.15) is 21.9 Å². The molecule has 25 heavy (non-hydrogen) atoms. The van der Waals surface area contributed by atoms with Crippen LogP contribution in [0.5, 0.6) is 11.5 Å². The molecule has 132 valence electrons. The van der Waals surface area contributed by atoms with Crippen LogP contribution in [-0.4, -0.2) is 43.6 Å². The Kier molecular flexibility index (Phi) is 4.92. The summed E-state index contributed by atoms with van der Waals surface area (Å²) in [6.07, 6.45) is 0. The van der Waals surface area contributed by atoms with Crippen LogP contribution in [0.2, 0.25) is 0 Å². The molecule has 2 aromatic rings. The number of furan rings is 1. The van der Waals surface area contributed by atoms with Gasteiger partial charge < -0.3 is 23.5 Å². The summed E-state index contributed by atoms with van der Waals surface area (Å²) in [5, 5.41) is 0. The normalized spacial score (nSPS) is 12.6. The quantitative estimate of drug-likeness (QED) is 0.773. The van der Waals surface area contributed by atoms with Crippen LogP contribution in [0.3, 0.4) is 0 Å². The Morgan fingerprint density at radius 3 is 2.60 bits per heavy atom. The minimum Gasteiger partial charge on any atom is -0.486 e. The lowest BCUT2D eigenvalue weighted by Crippen LogP contribution is -2.30. The van der Waals surface area contributed by atoms with Crippen LogP contribution in [-0.2, 0) is 16.1 Å². The number of ether oxygens (including phenoxy) is 3. The molecule has 1 aliphatic rings. The zero-order chi connectivity index (χ0) is 17.8. The summed E-state index contributed by atoms with van der Waals surface area (Å²) in [5.74, 6) is 1.63. The van der Waals surface area contributed by atoms with Crippen molar-refractivity contribution in [3.05, 3.63) is 47.4 Å². The van der Waals surface area contributed by atoms with Crippen molar-refractivity contribution in [1.29, 1.82) is 0 Å². The molecular weight excluding hydrogens is 326 g/mol. The number of hydrogen-bond acceptors (Lipinski definition) is 6. The van der Waals surface area contributed by atoms with Gasteiger partial charge in [-0.2, -0.15) is 0 Å². The fraction of sp³-hybridized carbons (Fsp3) is 0.333. The van der Waals surface area contributed by atoms with Crippen molar-refractivity contribution in [1.82, 2.24) is 4.90 Å². The maximum Gasteiger partial charge on any atom is 0.338 e. The monoisotopic (exact) mass is 345 g/mol. The molecule has 0 atom stereocenters. The van der Waals surface area contributed by atoms with Gasteiger partial charge in [0.1, 0.15) is 24.7 Å². The number of amides is 1. The molecule has 1 aromatic heterocycles. The minimum atomic E-state index is -0.590. The highest BCUT2D eigenvalue weighted by atomic mass is 16.6. The smallest absolute Gasteiger partial charge is 0.338 e. The summed E-state index contributed by atoms with van der Waals surface area (Å²) in [7, 11) is 1.62. The Labute approximate surface area is 145 Å². The minimum absolute atomic E-state index is 0.307. The fourth-order valence-corrected chi connectivity index (χ4v) is 2.38. The van der Waals surface area contributed by atoms with Gasteiger partial charge in [-0.15, -0.1) is 0 Å². The van der Waals surface area contributed by atoms with Crippen LogP contribution in [0, 0.1) is 6.92 Å². The van der Waals surface area contributed by atoms with E-state index in [1.807, 2.05) is 13.0 Å². The Hall–Kier alpha value is -2.96. The molecule has 7 nitrogen and oxygen atoms in total. The highest BCUT2D eigenvalue weighted by Gasteiger charge is 2.18. The molecule has 1 amide bonds. The van der Waals surface area contributed by atoms with Gasteiger partial charge in [-0.25, -0.2) is 4.79 Å². The van der Waals surface area contributed by atoms with Crippen molar-refractivity contribution >= 4 is 11.9 Å². The zero-order valence-electron chi connectivity index (χ0n) is 14.1. The number of nitrogens with zero attached hydrogens (tertiary/aromatic N) is 1. The topological polar surface area (TPSA) is 78.2 Å². The van der Waals surface area contributed by atoms with E-state index >= 15 is 0 Å². The van der Waals surface area contributed by atoms with Crippen molar-refractivity contribution in [2.75, 3.05) is 26.9 Å². The van der Waals surface area contributed by atoms with E-state index in [0.717, 1.165) is 5.76 Å². The Morgan fingerprint density at radius 2 is 1.88 bits per heavy atom. The number of hydrogen-bond donors (Lipinski definition) is 0. The van der Waals surface area contributed by atoms with E-state index in [-0.39, 0.29) is 12.5 Å². The summed E-state index contributed by atoms with van der Waals surface area (Å²) in [6, 6.07) is 8.42. The van der Waals surface area contributed by atoms with Crippen molar-refractivity contribution in [2.24, 2.45) is 0 Å². The predicted molar refractivity (Wildman–Crippen MR) is 87.6 cm³/mol. The third kappa shape index (κ3) is 4.12. The van der Waals surface area contributed by atoms with Gasteiger partial charge in [-0.3, -0.25) is 4.79 Å². The van der Waals surface area contributed by atoms with Gasteiger partial charge in [0.05, 0.1) is 12.1 Å². The third-order valence-electron chi connectivity index (χ3n) is 3.72. The molecule has 0 bridgehead atoms. The molecule has 0 saturated carbocycles. The van der Waals surface area contributed by atoms with Crippen LogP contribution in [0.15, 0.2) is 34.7 Å². The molecule has 1 aliphatic heterocycles. The van der Waals surface area contributed by atoms with E-state index in [9.17, 15) is 9.59 Å². The van der Waals surface area contributed by atoms with Crippen LogP contribution in [0.4, 0.5) is 0 Å². The molecule has 0 unspecified atom stereocenters. The summed E-state index contributed by atoms with van der Waals surface area (Å²) in [4.78, 5) is 25.6. The molecule has 0 N–H and O–H groups in total. The van der Waals surface area contributed by atoms with Crippen molar-refractivity contribution < 1.29 is 28.2 Å². The molecule has 0 aliphatic carbocycles. The van der Waals surface area contributed by atoms with Gasteiger partial charge in [0.25, 0.3) is 5.91 Å². The third-order valence-corrected chi connectivity index (χ3v) is 3.72. The first-order valence-corrected chi connectivity index (χ1v) is 7.89. The second-order valence-corrected chi connectivity index (χ2v) is 5.70. The first-order chi connectivity index (χ1) is 12.0. The van der Waals surface area contributed by atoms with Gasteiger partial charge in [0, 0.05) is 7.05 Å². The van der Waals surface area contributed by atoms with E-state index in [4.69, 9.17) is 18.6 Å². The number of likely N-dealkylation sites (N-methyl/N-ethyl adjacent to an activating group) is 1. The molecule has 3 rings (SSSR count). The van der Waals surface area contributed by atoms with Crippen molar-refractivity contribution in [2.45, 2.75) is 13.5 Å². The maximum atomic E-state index is 12.1. The van der Waals surface area contributed by atoms with Gasteiger partial charge >= 0.3 is 5.97 Å². The van der Waals surface area contributed by atoms with Crippen LogP contribution < -0.4 is 9.47 Å². The number of carbonyl (C=O) groups is 2. The van der Waals surface area contributed by atoms with Crippen molar-refractivity contribution in [3.63, 3.8) is 0 Å². The number of benzene rings is 1. The van der Waals surface area contributed by atoms with E-state index in [1.165, 1.54) is 4.90 Å². The lowest BCUT2D eigenvalue weighted by molar-refractivity contribution is -0.134. The molecule has 0 spiro atoms. The Bertz CT molecular complexity index is 782. The average molecular weight is 345 g/mol. The van der Waals surface area contributed by atoms with E-state index in [0.29, 0.717) is 42.6 Å². The highest BCUT2D eigenvalue weighted by molar-refractivity contribution is 5.92. The molecular formula is C18H19NO6. The second kappa shape index (κ2) is 7.29. The SMILES string of the molecule is Cc1ccc(CN(C)C(=O)COC(=O)c2ccc3c(c2)OCCO3)o1. The molecule has 2 heterocycles. The highest BCUT2D eigenvalue weighted by Crippen LogP contribution is 2.30. The number of carbonyl (C=O) groups excluding carboxylic acids is 2. The predicted octanol–water partition coefficient (Wildman–Crippen LogP) is 2.17. The molecule has 0 fully saturated rings.